The SMILES string of the molecule is CCOc1cc(-c2ccc(N3CCC(CN4CCC(C(=O)N5CC(N6CCC(c7ccc8c(c7)C(=O)N(C7CCC(=O)NC7=O)C8)CC6)C5)CC4)(NC(=O)c4cc(F)ccc4F)CC3)nc2)c2c(C#N)cnn2c1. The fraction of sp³-hybridized carbons (Fsp3) is 0.455. The molecule has 0 radical (unpaired) electrons. The van der Waals surface area contributed by atoms with Gasteiger partial charge < -0.3 is 29.7 Å². The van der Waals surface area contributed by atoms with E-state index in [1.165, 1.54) is 6.20 Å². The lowest BCUT2D eigenvalue weighted by Crippen LogP contribution is -2.64. The second-order valence-corrected chi connectivity index (χ2v) is 20.8. The molecule has 5 fully saturated rings. The molecule has 6 aliphatic heterocycles. The van der Waals surface area contributed by atoms with Gasteiger partial charge in [0.25, 0.3) is 11.8 Å². The Balaban J connectivity index is 0.682. The Morgan fingerprint density at radius 2 is 1.69 bits per heavy atom. The van der Waals surface area contributed by atoms with Crippen LogP contribution < -0.4 is 20.3 Å². The van der Waals surface area contributed by atoms with Gasteiger partial charge in [-0.3, -0.25) is 34.2 Å². The molecule has 74 heavy (non-hydrogen) atoms. The van der Waals surface area contributed by atoms with Crippen LogP contribution in [-0.2, 0) is 20.9 Å². The molecule has 5 saturated heterocycles. The number of hydrogen-bond acceptors (Lipinski definition) is 12. The van der Waals surface area contributed by atoms with E-state index < -0.39 is 35.0 Å². The summed E-state index contributed by atoms with van der Waals surface area (Å²) in [5.41, 5.74) is 4.22. The van der Waals surface area contributed by atoms with Gasteiger partial charge in [0.15, 0.2) is 0 Å². The topological polar surface area (TPSA) is 189 Å². The van der Waals surface area contributed by atoms with E-state index in [1.54, 1.807) is 21.8 Å². The summed E-state index contributed by atoms with van der Waals surface area (Å²) in [6, 6.07) is 16.7. The number of aromatic nitrogens is 3. The van der Waals surface area contributed by atoms with E-state index in [-0.39, 0.29) is 35.6 Å². The minimum absolute atomic E-state index is 0.104. The second-order valence-electron chi connectivity index (χ2n) is 20.8. The highest BCUT2D eigenvalue weighted by Gasteiger charge is 2.44. The van der Waals surface area contributed by atoms with Crippen LogP contribution in [-0.4, -0.2) is 147 Å². The molecule has 2 aromatic carbocycles. The average molecular weight is 1010 g/mol. The van der Waals surface area contributed by atoms with Gasteiger partial charge in [0.1, 0.15) is 35.3 Å². The first kappa shape index (κ1) is 48.9. The lowest BCUT2D eigenvalue weighted by atomic mass is 9.84. The first-order valence-corrected chi connectivity index (χ1v) is 25.9. The lowest BCUT2D eigenvalue weighted by Gasteiger charge is -2.49. The van der Waals surface area contributed by atoms with Gasteiger partial charge in [-0.1, -0.05) is 12.1 Å². The Morgan fingerprint density at radius 3 is 2.41 bits per heavy atom. The highest BCUT2D eigenvalue weighted by molar-refractivity contribution is 6.05. The van der Waals surface area contributed by atoms with E-state index in [0.717, 1.165) is 72.2 Å². The van der Waals surface area contributed by atoms with Crippen molar-refractivity contribution in [3.8, 4) is 22.9 Å². The monoisotopic (exact) mass is 1010 g/mol. The van der Waals surface area contributed by atoms with E-state index >= 15 is 0 Å². The third-order valence-electron chi connectivity index (χ3n) is 16.4. The summed E-state index contributed by atoms with van der Waals surface area (Å²) in [7, 11) is 0. The predicted octanol–water partition coefficient (Wildman–Crippen LogP) is 5.28. The van der Waals surface area contributed by atoms with Gasteiger partial charge in [-0.05, 0) is 138 Å². The van der Waals surface area contributed by atoms with Crippen molar-refractivity contribution in [3.05, 3.63) is 113 Å². The van der Waals surface area contributed by atoms with Gasteiger partial charge in [0, 0.05) is 80.5 Å². The van der Waals surface area contributed by atoms with Gasteiger partial charge in [0.2, 0.25) is 17.7 Å². The molecule has 2 N–H and O–H groups in total. The summed E-state index contributed by atoms with van der Waals surface area (Å²) < 4.78 is 36.7. The molecule has 0 bridgehead atoms. The number of carbonyl (C=O) groups excluding carboxylic acids is 5. The number of ether oxygens (including phenoxy) is 1. The molecular weight excluding hydrogens is 949 g/mol. The van der Waals surface area contributed by atoms with Crippen molar-refractivity contribution in [1.82, 2.24) is 44.8 Å². The molecule has 19 heteroatoms. The second kappa shape index (κ2) is 20.2. The van der Waals surface area contributed by atoms with Crippen molar-refractivity contribution in [3.63, 3.8) is 0 Å². The first-order valence-electron chi connectivity index (χ1n) is 25.9. The highest BCUT2D eigenvalue weighted by atomic mass is 19.1. The molecule has 6 aliphatic rings. The fourth-order valence-corrected chi connectivity index (χ4v) is 12.2. The maximum absolute atomic E-state index is 15.0. The molecule has 3 aromatic heterocycles. The van der Waals surface area contributed by atoms with Crippen molar-refractivity contribution >= 4 is 40.9 Å². The van der Waals surface area contributed by atoms with E-state index in [9.17, 15) is 38.0 Å². The van der Waals surface area contributed by atoms with Gasteiger partial charge in [-0.15, -0.1) is 0 Å². The molecule has 0 aliphatic carbocycles. The summed E-state index contributed by atoms with van der Waals surface area (Å²) in [4.78, 5) is 80.7. The first-order chi connectivity index (χ1) is 35.8. The number of fused-ring (bicyclic) bond motifs is 2. The Kier molecular flexibility index (Phi) is 13.4. The Bertz CT molecular complexity index is 3060. The number of nitrogens with one attached hydrogen (secondary N) is 2. The minimum Gasteiger partial charge on any atom is -0.492 e. The molecule has 5 aromatic rings. The average Bonchev–Trinajstić information content (AvgIpc) is 3.97. The minimum atomic E-state index is -0.795. The van der Waals surface area contributed by atoms with Gasteiger partial charge in [-0.25, -0.2) is 18.3 Å². The molecule has 17 nitrogen and oxygen atoms in total. The summed E-state index contributed by atoms with van der Waals surface area (Å²) in [6.07, 6.45) is 9.89. The number of rotatable bonds is 12. The molecule has 11 rings (SSSR count). The van der Waals surface area contributed by atoms with Gasteiger partial charge in [-0.2, -0.15) is 10.4 Å². The van der Waals surface area contributed by atoms with Gasteiger partial charge >= 0.3 is 0 Å². The number of anilines is 1. The maximum Gasteiger partial charge on any atom is 0.255 e. The smallest absolute Gasteiger partial charge is 0.255 e. The molecule has 0 spiro atoms. The number of piperidine rings is 4. The number of nitrogens with zero attached hydrogens (tertiary/aromatic N) is 9. The van der Waals surface area contributed by atoms with Crippen LogP contribution in [0, 0.1) is 28.9 Å². The standard InChI is InChI=1S/C55H59F2N11O6/c1-2-74-42-25-43(50-39(26-58)28-60-68(50)32-42)37-5-9-48(59-27-37)65-21-15-55(16-22-65,62-51(70)45-24-40(56)6-7-46(45)57)33-63-17-11-35(12-18-63)53(72)66-30-41(31-66)64-19-13-34(14-20-64)36-3-4-38-29-67(54(73)44(38)23-36)47-8-10-49(69)61-52(47)71/h3-7,9,23-25,27-28,32,34-35,41,47H,2,8,10-22,29-31,33H2,1H3,(H,62,70)(H,61,69,71). The maximum atomic E-state index is 15.0. The number of halogens is 2. The molecular formula is C55H59F2N11O6. The van der Waals surface area contributed by atoms with Crippen LogP contribution in [0.4, 0.5) is 14.6 Å². The molecule has 9 heterocycles. The molecule has 0 saturated carbocycles. The van der Waals surface area contributed by atoms with Crippen LogP contribution in [0.25, 0.3) is 16.6 Å². The number of imide groups is 1. The molecule has 384 valence electrons. The summed E-state index contributed by atoms with van der Waals surface area (Å²) in [6.45, 7) is 8.81. The number of pyridine rings is 2. The van der Waals surface area contributed by atoms with Crippen molar-refractivity contribution in [1.29, 1.82) is 5.26 Å². The van der Waals surface area contributed by atoms with Crippen molar-refractivity contribution in [2.45, 2.75) is 88.4 Å². The van der Waals surface area contributed by atoms with Crippen LogP contribution in [0.1, 0.15) is 102 Å². The van der Waals surface area contributed by atoms with Crippen molar-refractivity contribution in [2.24, 2.45) is 5.92 Å². The largest absolute Gasteiger partial charge is 0.492 e. The van der Waals surface area contributed by atoms with E-state index in [2.05, 4.69) is 42.6 Å². The summed E-state index contributed by atoms with van der Waals surface area (Å²) in [5.74, 6) is -1.29. The normalized spacial score (nSPS) is 21.1. The van der Waals surface area contributed by atoms with E-state index in [1.807, 2.05) is 42.2 Å². The predicted molar refractivity (Wildman–Crippen MR) is 268 cm³/mol. The zero-order chi connectivity index (χ0) is 51.3. The summed E-state index contributed by atoms with van der Waals surface area (Å²) >= 11 is 0. The third kappa shape index (κ3) is 9.56. The van der Waals surface area contributed by atoms with E-state index in [0.29, 0.717) is 125 Å². The Hall–Kier alpha value is -7.30. The Morgan fingerprint density at radius 1 is 0.905 bits per heavy atom. The van der Waals surface area contributed by atoms with Crippen molar-refractivity contribution in [2.75, 3.05) is 70.4 Å². The van der Waals surface area contributed by atoms with Crippen LogP contribution in [0.2, 0.25) is 0 Å². The highest BCUT2D eigenvalue weighted by Crippen LogP contribution is 2.37. The zero-order valence-electron chi connectivity index (χ0n) is 41.4. The number of nitriles is 1. The Labute approximate surface area is 427 Å². The zero-order valence-corrected chi connectivity index (χ0v) is 41.4. The van der Waals surface area contributed by atoms with E-state index in [4.69, 9.17) is 9.72 Å². The third-order valence-corrected chi connectivity index (χ3v) is 16.4. The fourth-order valence-electron chi connectivity index (χ4n) is 12.2. The van der Waals surface area contributed by atoms with Gasteiger partial charge in [0.05, 0.1) is 41.2 Å². The summed E-state index contributed by atoms with van der Waals surface area (Å²) in [5, 5.41) is 19.7. The van der Waals surface area contributed by atoms with Crippen LogP contribution >= 0.6 is 0 Å². The number of benzene rings is 2. The molecule has 5 amide bonds. The number of carbonyl (C=O) groups is 5. The lowest BCUT2D eigenvalue weighted by molar-refractivity contribution is -0.145. The molecule has 1 unspecified atom stereocenters. The number of hydrogen-bond donors (Lipinski definition) is 2. The molecule has 1 atom stereocenters. The van der Waals surface area contributed by atoms with Crippen molar-refractivity contribution < 1.29 is 37.5 Å². The number of amides is 5. The van der Waals surface area contributed by atoms with Crippen LogP contribution in [0.5, 0.6) is 5.75 Å². The quantitative estimate of drug-likeness (QED) is 0.154. The van der Waals surface area contributed by atoms with Crippen LogP contribution in [0.15, 0.2) is 73.2 Å². The number of likely N-dealkylation sites (tertiary alicyclic amines) is 3. The van der Waals surface area contributed by atoms with Crippen LogP contribution in [0.3, 0.4) is 0 Å².